The highest BCUT2D eigenvalue weighted by atomic mass is 16.5. The normalized spacial score (nSPS) is 16.2. The van der Waals surface area contributed by atoms with Gasteiger partial charge >= 0.3 is 0 Å². The maximum absolute atomic E-state index is 11.6. The number of ether oxygens (including phenoxy) is 1. The van der Waals surface area contributed by atoms with Gasteiger partial charge in [-0.1, -0.05) is 26.0 Å². The van der Waals surface area contributed by atoms with Crippen LogP contribution in [0.2, 0.25) is 0 Å². The number of pyridine rings is 1. The van der Waals surface area contributed by atoms with Crippen molar-refractivity contribution in [1.29, 1.82) is 0 Å². The maximum Gasteiger partial charge on any atom is 0.254 e. The van der Waals surface area contributed by atoms with Crippen molar-refractivity contribution in [2.45, 2.75) is 32.7 Å². The molecule has 6 heteroatoms. The summed E-state index contributed by atoms with van der Waals surface area (Å²) in [6.45, 7) is 6.55. The summed E-state index contributed by atoms with van der Waals surface area (Å²) in [5.74, 6) is 0.681. The fraction of sp³-hybridized carbons (Fsp3) is 0.455. The van der Waals surface area contributed by atoms with E-state index < -0.39 is 5.91 Å². The van der Waals surface area contributed by atoms with Crippen molar-refractivity contribution in [3.8, 4) is 11.5 Å². The summed E-state index contributed by atoms with van der Waals surface area (Å²) >= 11 is 0. The minimum absolute atomic E-state index is 0.199. The molecule has 3 rings (SSSR count). The minimum atomic E-state index is -0.543. The molecule has 0 radical (unpaired) electrons. The van der Waals surface area contributed by atoms with Gasteiger partial charge in [-0.15, -0.1) is 0 Å². The van der Waals surface area contributed by atoms with Crippen LogP contribution in [0.5, 0.6) is 11.5 Å². The number of primary amides is 1. The predicted octanol–water partition coefficient (Wildman–Crippen LogP) is 2.62. The third-order valence-corrected chi connectivity index (χ3v) is 5.03. The van der Waals surface area contributed by atoms with Crippen molar-refractivity contribution >= 4 is 5.91 Å². The van der Waals surface area contributed by atoms with Gasteiger partial charge in [-0.25, -0.2) is 0 Å². The molecule has 0 bridgehead atoms. The van der Waals surface area contributed by atoms with Crippen LogP contribution >= 0.6 is 0 Å². The second-order valence-electron chi connectivity index (χ2n) is 8.62. The van der Waals surface area contributed by atoms with Crippen molar-refractivity contribution in [2.24, 2.45) is 11.1 Å². The maximum atomic E-state index is 11.6. The van der Waals surface area contributed by atoms with Crippen LogP contribution in [0.25, 0.3) is 0 Å². The zero-order chi connectivity index (χ0) is 20.3. The third kappa shape index (κ3) is 4.88. The molecule has 1 amide bonds. The van der Waals surface area contributed by atoms with Crippen molar-refractivity contribution < 1.29 is 9.53 Å². The molecule has 6 nitrogen and oxygen atoms in total. The first kappa shape index (κ1) is 20.3. The Balaban J connectivity index is 1.71. The molecule has 0 saturated heterocycles. The SMILES string of the molecule is CN(C)CC(C)(C)CNC1Cc2cccc(Oc3ccncc3C(N)=O)c2C1. The van der Waals surface area contributed by atoms with Crippen LogP contribution in [-0.2, 0) is 12.8 Å². The van der Waals surface area contributed by atoms with Crippen molar-refractivity contribution in [1.82, 2.24) is 15.2 Å². The number of nitrogens with one attached hydrogen (secondary N) is 1. The van der Waals surface area contributed by atoms with Gasteiger partial charge in [0.2, 0.25) is 0 Å². The number of nitrogens with two attached hydrogens (primary N) is 1. The molecule has 1 aliphatic carbocycles. The lowest BCUT2D eigenvalue weighted by atomic mass is 9.92. The van der Waals surface area contributed by atoms with Crippen LogP contribution in [0.15, 0.2) is 36.7 Å². The van der Waals surface area contributed by atoms with Gasteiger partial charge in [0.1, 0.15) is 17.1 Å². The zero-order valence-electron chi connectivity index (χ0n) is 17.2. The van der Waals surface area contributed by atoms with E-state index in [4.69, 9.17) is 10.5 Å². The number of amides is 1. The number of benzene rings is 1. The zero-order valence-corrected chi connectivity index (χ0v) is 17.2. The monoisotopic (exact) mass is 382 g/mol. The van der Waals surface area contributed by atoms with E-state index in [1.165, 1.54) is 17.3 Å². The summed E-state index contributed by atoms with van der Waals surface area (Å²) in [4.78, 5) is 17.8. The number of hydrogen-bond donors (Lipinski definition) is 2. The lowest BCUT2D eigenvalue weighted by Gasteiger charge is -2.30. The quantitative estimate of drug-likeness (QED) is 0.734. The van der Waals surface area contributed by atoms with Gasteiger partial charge in [-0.2, -0.15) is 0 Å². The largest absolute Gasteiger partial charge is 0.456 e. The van der Waals surface area contributed by atoms with E-state index in [9.17, 15) is 4.79 Å². The highest BCUT2D eigenvalue weighted by Crippen LogP contribution is 2.34. The topological polar surface area (TPSA) is 80.5 Å². The molecule has 28 heavy (non-hydrogen) atoms. The van der Waals surface area contributed by atoms with Gasteiger partial charge in [0.25, 0.3) is 5.91 Å². The van der Waals surface area contributed by atoms with Crippen LogP contribution < -0.4 is 15.8 Å². The van der Waals surface area contributed by atoms with Crippen LogP contribution in [0.4, 0.5) is 0 Å². The Kier molecular flexibility index (Phi) is 6.01. The molecule has 2 aromatic rings. The lowest BCUT2D eigenvalue weighted by molar-refractivity contribution is 0.0997. The Hall–Kier alpha value is -2.44. The number of hydrogen-bond acceptors (Lipinski definition) is 5. The first-order valence-corrected chi connectivity index (χ1v) is 9.66. The number of carbonyl (C=O) groups is 1. The molecular formula is C22H30N4O2. The number of aromatic nitrogens is 1. The minimum Gasteiger partial charge on any atom is -0.456 e. The average molecular weight is 383 g/mol. The Morgan fingerprint density at radius 2 is 2.07 bits per heavy atom. The summed E-state index contributed by atoms with van der Waals surface area (Å²) in [5.41, 5.74) is 8.41. The first-order chi connectivity index (χ1) is 13.2. The molecule has 3 N–H and O–H groups in total. The van der Waals surface area contributed by atoms with E-state index in [2.05, 4.69) is 49.2 Å². The molecule has 1 aromatic heterocycles. The van der Waals surface area contributed by atoms with Gasteiger partial charge in [-0.3, -0.25) is 9.78 Å². The fourth-order valence-corrected chi connectivity index (χ4v) is 3.96. The van der Waals surface area contributed by atoms with Crippen molar-refractivity contribution in [2.75, 3.05) is 27.2 Å². The molecule has 1 unspecified atom stereocenters. The van der Waals surface area contributed by atoms with Crippen LogP contribution in [0.1, 0.15) is 35.3 Å². The summed E-state index contributed by atoms with van der Waals surface area (Å²) in [6.07, 6.45) is 4.92. The molecule has 1 heterocycles. The molecule has 0 saturated carbocycles. The molecule has 1 atom stereocenters. The van der Waals surface area contributed by atoms with Crippen molar-refractivity contribution in [3.05, 3.63) is 53.3 Å². The molecule has 0 aliphatic heterocycles. The van der Waals surface area contributed by atoms with Gasteiger partial charge in [0.05, 0.1) is 0 Å². The summed E-state index contributed by atoms with van der Waals surface area (Å²) in [5, 5.41) is 3.73. The van der Waals surface area contributed by atoms with E-state index in [0.717, 1.165) is 31.7 Å². The first-order valence-electron chi connectivity index (χ1n) is 9.66. The summed E-state index contributed by atoms with van der Waals surface area (Å²) in [6, 6.07) is 8.15. The average Bonchev–Trinajstić information content (AvgIpc) is 3.04. The smallest absolute Gasteiger partial charge is 0.254 e. The van der Waals surface area contributed by atoms with Gasteiger partial charge < -0.3 is 20.7 Å². The highest BCUT2D eigenvalue weighted by Gasteiger charge is 2.27. The summed E-state index contributed by atoms with van der Waals surface area (Å²) in [7, 11) is 4.21. The predicted molar refractivity (Wildman–Crippen MR) is 111 cm³/mol. The Morgan fingerprint density at radius 1 is 1.29 bits per heavy atom. The fourth-order valence-electron chi connectivity index (χ4n) is 3.96. The van der Waals surface area contributed by atoms with Crippen LogP contribution in [0.3, 0.4) is 0 Å². The summed E-state index contributed by atoms with van der Waals surface area (Å²) < 4.78 is 6.08. The Bertz CT molecular complexity index is 848. The molecular weight excluding hydrogens is 352 g/mol. The highest BCUT2D eigenvalue weighted by molar-refractivity contribution is 5.95. The van der Waals surface area contributed by atoms with Crippen LogP contribution in [-0.4, -0.2) is 49.0 Å². The number of nitrogens with zero attached hydrogens (tertiary/aromatic N) is 2. The van der Waals surface area contributed by atoms with E-state index in [-0.39, 0.29) is 5.41 Å². The standard InChI is InChI=1S/C22H30N4O2/c1-22(2,14-26(3)4)13-25-16-10-15-6-5-7-19(17(15)11-16)28-20-8-9-24-12-18(20)21(23)27/h5-9,12,16,25H,10-11,13-14H2,1-4H3,(H2,23,27). The number of carbonyl (C=O) groups excluding carboxylic acids is 1. The molecule has 1 aliphatic rings. The van der Waals surface area contributed by atoms with E-state index in [0.29, 0.717) is 17.4 Å². The van der Waals surface area contributed by atoms with Crippen LogP contribution in [0, 0.1) is 5.41 Å². The second kappa shape index (κ2) is 8.29. The van der Waals surface area contributed by atoms with Gasteiger partial charge in [0.15, 0.2) is 0 Å². The molecule has 1 aromatic carbocycles. The van der Waals surface area contributed by atoms with Gasteiger partial charge in [-0.05, 0) is 55.6 Å². The van der Waals surface area contributed by atoms with Gasteiger partial charge in [0, 0.05) is 31.5 Å². The van der Waals surface area contributed by atoms with E-state index >= 15 is 0 Å². The lowest BCUT2D eigenvalue weighted by Crippen LogP contribution is -2.42. The number of rotatable bonds is 8. The Morgan fingerprint density at radius 3 is 2.79 bits per heavy atom. The molecule has 0 spiro atoms. The van der Waals surface area contributed by atoms with E-state index in [1.807, 2.05) is 12.1 Å². The Labute approximate surface area is 167 Å². The number of fused-ring (bicyclic) bond motifs is 1. The third-order valence-electron chi connectivity index (χ3n) is 5.03. The van der Waals surface area contributed by atoms with Crippen molar-refractivity contribution in [3.63, 3.8) is 0 Å². The van der Waals surface area contributed by atoms with E-state index in [1.54, 1.807) is 12.3 Å². The molecule has 150 valence electrons. The molecule has 0 fully saturated rings. The second-order valence-corrected chi connectivity index (χ2v) is 8.62.